The van der Waals surface area contributed by atoms with Gasteiger partial charge < -0.3 is 28.5 Å². The summed E-state index contributed by atoms with van der Waals surface area (Å²) in [4.78, 5) is 26.1. The summed E-state index contributed by atoms with van der Waals surface area (Å²) in [5.74, 6) is 1.02. The molecule has 0 bridgehead atoms. The first-order valence-corrected chi connectivity index (χ1v) is 11.7. The van der Waals surface area contributed by atoms with Gasteiger partial charge in [0.2, 0.25) is 11.8 Å². The van der Waals surface area contributed by atoms with E-state index in [-0.39, 0.29) is 41.0 Å². The van der Waals surface area contributed by atoms with E-state index in [1.807, 2.05) is 0 Å². The third-order valence-electron chi connectivity index (χ3n) is 5.02. The van der Waals surface area contributed by atoms with Crippen molar-refractivity contribution in [2.24, 2.45) is 0 Å². The predicted molar refractivity (Wildman–Crippen MR) is 112 cm³/mol. The first kappa shape index (κ1) is 27.2. The Hall–Kier alpha value is 0.180. The molecule has 1 aliphatic heterocycles. The number of hydrogen-bond acceptors (Lipinski definition) is 3. The summed E-state index contributed by atoms with van der Waals surface area (Å²) in [6, 6.07) is 0. The van der Waals surface area contributed by atoms with E-state index in [4.69, 9.17) is 0 Å². The molecule has 1 saturated heterocycles. The maximum Gasteiger partial charge on any atom is 0.242 e. The van der Waals surface area contributed by atoms with Crippen molar-refractivity contribution in [3.63, 3.8) is 0 Å². The van der Waals surface area contributed by atoms with Crippen molar-refractivity contribution in [2.75, 3.05) is 40.0 Å². The van der Waals surface area contributed by atoms with E-state index in [1.165, 1.54) is 56.3 Å². The van der Waals surface area contributed by atoms with Crippen LogP contribution in [0.1, 0.15) is 77.6 Å². The zero-order valence-electron chi connectivity index (χ0n) is 18.0. The topological polar surface area (TPSA) is 37.4 Å². The van der Waals surface area contributed by atoms with Crippen LogP contribution in [0.25, 0.3) is 0 Å². The predicted octanol–water partition coefficient (Wildman–Crippen LogP) is 1.48. The van der Waals surface area contributed by atoms with Crippen LogP contribution in [-0.4, -0.2) is 66.4 Å². The highest BCUT2D eigenvalue weighted by molar-refractivity contribution is 8.00. The Labute approximate surface area is 188 Å². The zero-order valence-corrected chi connectivity index (χ0v) is 20.9. The summed E-state index contributed by atoms with van der Waals surface area (Å²) < 4.78 is 0.893. The molecule has 0 N–H and O–H groups in total. The number of likely N-dealkylation sites (tertiary alicyclic amines) is 1. The number of nitrogens with zero attached hydrogens (tertiary/aromatic N) is 2. The van der Waals surface area contributed by atoms with Gasteiger partial charge in [0, 0.05) is 18.7 Å². The molecule has 2 amide bonds. The van der Waals surface area contributed by atoms with Gasteiger partial charge in [-0.2, -0.15) is 0 Å². The molecule has 0 aromatic heterocycles. The molecule has 160 valence electrons. The van der Waals surface area contributed by atoms with E-state index in [0.717, 1.165) is 29.6 Å². The fraction of sp³-hybridized carbons (Fsp3) is 0.905. The third-order valence-corrected chi connectivity index (χ3v) is 6.21. The molecule has 0 aromatic carbocycles. The lowest BCUT2D eigenvalue weighted by Gasteiger charge is -2.24. The summed E-state index contributed by atoms with van der Waals surface area (Å²) in [6.07, 6.45) is 13.1. The van der Waals surface area contributed by atoms with Gasteiger partial charge in [0.25, 0.3) is 0 Å². The molecule has 1 fully saturated rings. The van der Waals surface area contributed by atoms with Gasteiger partial charge in [-0.25, -0.2) is 0 Å². The summed E-state index contributed by atoms with van der Waals surface area (Å²) in [7, 11) is 6.46. The molecule has 27 heavy (non-hydrogen) atoms. The molecule has 1 atom stereocenters. The van der Waals surface area contributed by atoms with E-state index in [9.17, 15) is 9.59 Å². The summed E-state index contributed by atoms with van der Waals surface area (Å²) in [5, 5.41) is -0.142. The van der Waals surface area contributed by atoms with Crippen LogP contribution < -0.4 is 24.0 Å². The maximum atomic E-state index is 12.4. The smallest absolute Gasteiger partial charge is 0.242 e. The van der Waals surface area contributed by atoms with E-state index in [2.05, 4.69) is 28.1 Å². The first-order chi connectivity index (χ1) is 12.3. The molecule has 4 nitrogen and oxygen atoms in total. The summed E-state index contributed by atoms with van der Waals surface area (Å²) in [5.41, 5.74) is 0. The SMILES string of the molecule is CCCCCCCCCCCCN1C(=O)CC(SCC[N+](C)(C)C)C1=O.[I-]. The Morgan fingerprint density at radius 1 is 0.926 bits per heavy atom. The van der Waals surface area contributed by atoms with Crippen molar-refractivity contribution in [2.45, 2.75) is 82.8 Å². The van der Waals surface area contributed by atoms with Gasteiger partial charge >= 0.3 is 0 Å². The number of hydrogen-bond donors (Lipinski definition) is 0. The number of quaternary nitrogens is 1. The van der Waals surface area contributed by atoms with E-state index in [0.29, 0.717) is 13.0 Å². The number of carbonyl (C=O) groups excluding carboxylic acids is 2. The molecule has 0 spiro atoms. The second-order valence-corrected chi connectivity index (χ2v) is 9.95. The van der Waals surface area contributed by atoms with Gasteiger partial charge in [0.1, 0.15) is 0 Å². The molecule has 6 heteroatoms. The van der Waals surface area contributed by atoms with Crippen molar-refractivity contribution in [3.8, 4) is 0 Å². The number of rotatable bonds is 15. The molecule has 0 saturated carbocycles. The highest BCUT2D eigenvalue weighted by Gasteiger charge is 2.38. The zero-order chi connectivity index (χ0) is 19.4. The average Bonchev–Trinajstić information content (AvgIpc) is 2.82. The first-order valence-electron chi connectivity index (χ1n) is 10.6. The lowest BCUT2D eigenvalue weighted by molar-refractivity contribution is -0.867. The maximum absolute atomic E-state index is 12.4. The minimum Gasteiger partial charge on any atom is -1.00 e. The monoisotopic (exact) mass is 512 g/mol. The molecule has 1 aliphatic rings. The van der Waals surface area contributed by atoms with E-state index in [1.54, 1.807) is 11.8 Å². The van der Waals surface area contributed by atoms with Crippen LogP contribution in [0.5, 0.6) is 0 Å². The molecular formula is C21H41IN2O2S. The van der Waals surface area contributed by atoms with Crippen molar-refractivity contribution in [1.82, 2.24) is 4.90 Å². The Balaban J connectivity index is 0.00000676. The molecule has 1 rings (SSSR count). The average molecular weight is 513 g/mol. The second-order valence-electron chi connectivity index (χ2n) is 8.64. The number of carbonyl (C=O) groups is 2. The fourth-order valence-electron chi connectivity index (χ4n) is 3.24. The minimum absolute atomic E-state index is 0. The molecule has 0 aliphatic carbocycles. The summed E-state index contributed by atoms with van der Waals surface area (Å²) >= 11 is 1.66. The van der Waals surface area contributed by atoms with Crippen LogP contribution in [0, 0.1) is 0 Å². The number of amides is 2. The quantitative estimate of drug-likeness (QED) is 0.144. The van der Waals surface area contributed by atoms with Crippen LogP contribution >= 0.6 is 11.8 Å². The number of thioether (sulfide) groups is 1. The van der Waals surface area contributed by atoms with Gasteiger partial charge in [0.15, 0.2) is 0 Å². The molecule has 1 heterocycles. The van der Waals surface area contributed by atoms with Gasteiger partial charge in [0.05, 0.1) is 32.9 Å². The van der Waals surface area contributed by atoms with Crippen molar-refractivity contribution >= 4 is 23.6 Å². The molecule has 1 unspecified atom stereocenters. The second kappa shape index (κ2) is 15.1. The standard InChI is InChI=1S/C21H41N2O2S.HI/c1-5-6-7-8-9-10-11-12-13-14-15-22-20(24)18-19(21(22)25)26-17-16-23(2,3)4;/h19H,5-18H2,1-4H3;1H/q+1;/p-1. The lowest BCUT2D eigenvalue weighted by Crippen LogP contribution is -3.00. The minimum atomic E-state index is -0.142. The Morgan fingerprint density at radius 3 is 1.96 bits per heavy atom. The Kier molecular flexibility index (Phi) is 15.2. The Morgan fingerprint density at radius 2 is 1.44 bits per heavy atom. The Bertz CT molecular complexity index is 427. The van der Waals surface area contributed by atoms with E-state index < -0.39 is 0 Å². The third kappa shape index (κ3) is 12.4. The van der Waals surface area contributed by atoms with Crippen molar-refractivity contribution < 1.29 is 38.0 Å². The van der Waals surface area contributed by atoms with Crippen LogP contribution in [0.2, 0.25) is 0 Å². The fourth-order valence-corrected chi connectivity index (χ4v) is 4.71. The van der Waals surface area contributed by atoms with Crippen LogP contribution in [0.3, 0.4) is 0 Å². The molecule has 0 aromatic rings. The van der Waals surface area contributed by atoms with Crippen molar-refractivity contribution in [3.05, 3.63) is 0 Å². The molecular weight excluding hydrogens is 471 g/mol. The van der Waals surface area contributed by atoms with Gasteiger partial charge in [-0.05, 0) is 6.42 Å². The number of imide groups is 1. The van der Waals surface area contributed by atoms with Crippen LogP contribution in [-0.2, 0) is 9.59 Å². The van der Waals surface area contributed by atoms with Crippen molar-refractivity contribution in [1.29, 1.82) is 0 Å². The number of halogens is 1. The van der Waals surface area contributed by atoms with E-state index >= 15 is 0 Å². The number of unbranched alkanes of at least 4 members (excludes halogenated alkanes) is 9. The lowest BCUT2D eigenvalue weighted by atomic mass is 10.1. The van der Waals surface area contributed by atoms with Crippen LogP contribution in [0.15, 0.2) is 0 Å². The van der Waals surface area contributed by atoms with Gasteiger partial charge in [-0.3, -0.25) is 14.5 Å². The largest absolute Gasteiger partial charge is 1.00 e. The normalized spacial score (nSPS) is 17.5. The molecule has 0 radical (unpaired) electrons. The van der Waals surface area contributed by atoms with Gasteiger partial charge in [-0.1, -0.05) is 64.7 Å². The van der Waals surface area contributed by atoms with Gasteiger partial charge in [-0.15, -0.1) is 11.8 Å². The summed E-state index contributed by atoms with van der Waals surface area (Å²) in [6.45, 7) is 3.89. The highest BCUT2D eigenvalue weighted by Crippen LogP contribution is 2.26. The van der Waals surface area contributed by atoms with Crippen LogP contribution in [0.4, 0.5) is 0 Å². The highest BCUT2D eigenvalue weighted by atomic mass is 127.